The molecule has 2 N–H and O–H groups in total. The zero-order valence-corrected chi connectivity index (χ0v) is 11.5. The molecule has 0 aliphatic heterocycles. The van der Waals surface area contributed by atoms with Gasteiger partial charge in [-0.15, -0.1) is 0 Å². The van der Waals surface area contributed by atoms with E-state index in [2.05, 4.69) is 15.3 Å². The van der Waals surface area contributed by atoms with Crippen LogP contribution in [-0.2, 0) is 4.79 Å². The minimum Gasteiger partial charge on any atom is -0.325 e. The van der Waals surface area contributed by atoms with Crippen molar-refractivity contribution in [3.8, 4) is 0 Å². The highest BCUT2D eigenvalue weighted by Crippen LogP contribution is 2.20. The van der Waals surface area contributed by atoms with Gasteiger partial charge in [0.15, 0.2) is 5.16 Å². The zero-order valence-electron chi connectivity index (χ0n) is 10.7. The molecule has 5 nitrogen and oxygen atoms in total. The summed E-state index contributed by atoms with van der Waals surface area (Å²) in [5.74, 6) is -0.278. The second-order valence-electron chi connectivity index (χ2n) is 4.00. The van der Waals surface area contributed by atoms with Gasteiger partial charge in [-0.2, -0.15) is 0 Å². The molecule has 0 atom stereocenters. The van der Waals surface area contributed by atoms with Gasteiger partial charge in [0.2, 0.25) is 5.91 Å². The van der Waals surface area contributed by atoms with E-state index in [1.807, 2.05) is 0 Å². The molecule has 0 unspecified atom stereocenters. The van der Waals surface area contributed by atoms with Crippen molar-refractivity contribution in [2.45, 2.75) is 11.6 Å². The van der Waals surface area contributed by atoms with Gasteiger partial charge in [0.25, 0.3) is 12.0 Å². The van der Waals surface area contributed by atoms with Crippen molar-refractivity contribution in [2.75, 3.05) is 11.1 Å². The van der Waals surface area contributed by atoms with E-state index in [-0.39, 0.29) is 22.8 Å². The van der Waals surface area contributed by atoms with Crippen molar-refractivity contribution in [3.05, 3.63) is 52.4 Å². The molecule has 1 aromatic heterocycles. The number of benzene rings is 1. The third-order valence-electron chi connectivity index (χ3n) is 2.43. The molecular formula is C13H11F2N3O2S. The van der Waals surface area contributed by atoms with Crippen molar-refractivity contribution in [1.29, 1.82) is 0 Å². The molecule has 1 aromatic carbocycles. The summed E-state index contributed by atoms with van der Waals surface area (Å²) in [6.45, 7) is 0. The molecular weight excluding hydrogens is 300 g/mol. The number of H-pyrrole nitrogens is 1. The number of alkyl halides is 2. The lowest BCUT2D eigenvalue weighted by molar-refractivity contribution is -0.113. The maximum atomic E-state index is 12.4. The SMILES string of the molecule is O=C(CSc1nccc(=O)[nH]1)Nc1ccc(C(F)F)cc1. The Bertz CT molecular complexity index is 674. The Hall–Kier alpha value is -2.22. The summed E-state index contributed by atoms with van der Waals surface area (Å²) < 4.78 is 24.8. The number of hydrogen-bond acceptors (Lipinski definition) is 4. The van der Waals surface area contributed by atoms with E-state index >= 15 is 0 Å². The first-order valence-electron chi connectivity index (χ1n) is 5.90. The first-order chi connectivity index (χ1) is 10.0. The lowest BCUT2D eigenvalue weighted by atomic mass is 10.2. The van der Waals surface area contributed by atoms with Gasteiger partial charge in [0, 0.05) is 23.5 Å². The van der Waals surface area contributed by atoms with E-state index in [9.17, 15) is 18.4 Å². The molecule has 110 valence electrons. The van der Waals surface area contributed by atoms with E-state index in [0.717, 1.165) is 11.8 Å². The van der Waals surface area contributed by atoms with Crippen molar-refractivity contribution in [1.82, 2.24) is 9.97 Å². The second-order valence-corrected chi connectivity index (χ2v) is 4.96. The highest BCUT2D eigenvalue weighted by atomic mass is 32.2. The maximum Gasteiger partial charge on any atom is 0.263 e. The summed E-state index contributed by atoms with van der Waals surface area (Å²) in [5.41, 5.74) is 0.0310. The molecule has 1 heterocycles. The molecule has 0 radical (unpaired) electrons. The predicted octanol–water partition coefficient (Wildman–Crippen LogP) is 2.44. The summed E-state index contributed by atoms with van der Waals surface area (Å²) in [7, 11) is 0. The van der Waals surface area contributed by atoms with Crippen LogP contribution < -0.4 is 10.9 Å². The number of hydrogen-bond donors (Lipinski definition) is 2. The number of anilines is 1. The van der Waals surface area contributed by atoms with Crippen LogP contribution in [0.15, 0.2) is 46.5 Å². The van der Waals surface area contributed by atoms with Crippen molar-refractivity contribution in [3.63, 3.8) is 0 Å². The van der Waals surface area contributed by atoms with E-state index in [1.54, 1.807) is 0 Å². The van der Waals surface area contributed by atoms with Crippen LogP contribution in [0, 0.1) is 0 Å². The normalized spacial score (nSPS) is 10.6. The number of rotatable bonds is 5. The number of halogens is 2. The highest BCUT2D eigenvalue weighted by Gasteiger charge is 2.08. The quantitative estimate of drug-likeness (QED) is 0.657. The number of thioether (sulfide) groups is 1. The molecule has 0 spiro atoms. The lowest BCUT2D eigenvalue weighted by Crippen LogP contribution is -2.15. The van der Waals surface area contributed by atoms with Gasteiger partial charge in [0.1, 0.15) is 0 Å². The van der Waals surface area contributed by atoms with Crippen LogP contribution in [0.4, 0.5) is 14.5 Å². The van der Waals surface area contributed by atoms with Gasteiger partial charge in [-0.3, -0.25) is 9.59 Å². The van der Waals surface area contributed by atoms with Crippen molar-refractivity contribution in [2.24, 2.45) is 0 Å². The fraction of sp³-hybridized carbons (Fsp3) is 0.154. The number of aromatic amines is 1. The van der Waals surface area contributed by atoms with E-state index in [4.69, 9.17) is 0 Å². The van der Waals surface area contributed by atoms with Gasteiger partial charge in [-0.25, -0.2) is 13.8 Å². The van der Waals surface area contributed by atoms with Gasteiger partial charge in [0.05, 0.1) is 5.75 Å². The minimum absolute atomic E-state index is 0.0452. The molecule has 0 aliphatic rings. The Morgan fingerprint density at radius 1 is 1.29 bits per heavy atom. The van der Waals surface area contributed by atoms with Crippen LogP contribution in [0.3, 0.4) is 0 Å². The molecule has 0 bridgehead atoms. The van der Waals surface area contributed by atoms with Gasteiger partial charge >= 0.3 is 0 Å². The molecule has 2 rings (SSSR count). The van der Waals surface area contributed by atoms with Gasteiger partial charge < -0.3 is 10.3 Å². The molecule has 1 amide bonds. The third-order valence-corrected chi connectivity index (χ3v) is 3.32. The van der Waals surface area contributed by atoms with Crippen LogP contribution in [0.2, 0.25) is 0 Å². The van der Waals surface area contributed by atoms with Crippen molar-refractivity contribution < 1.29 is 13.6 Å². The van der Waals surface area contributed by atoms with E-state index in [0.29, 0.717) is 10.8 Å². The first-order valence-corrected chi connectivity index (χ1v) is 6.89. The zero-order chi connectivity index (χ0) is 15.2. The largest absolute Gasteiger partial charge is 0.325 e. The Kier molecular flexibility index (Phi) is 5.04. The van der Waals surface area contributed by atoms with E-state index in [1.165, 1.54) is 36.5 Å². The topological polar surface area (TPSA) is 74.8 Å². The summed E-state index contributed by atoms with van der Waals surface area (Å²) in [5, 5.41) is 2.91. The first kappa shape index (κ1) is 15.2. The van der Waals surface area contributed by atoms with Gasteiger partial charge in [-0.05, 0) is 12.1 Å². The number of amides is 1. The molecule has 0 saturated carbocycles. The van der Waals surface area contributed by atoms with Crippen LogP contribution in [0.25, 0.3) is 0 Å². The Labute approximate surface area is 122 Å². The molecule has 0 fully saturated rings. The summed E-state index contributed by atoms with van der Waals surface area (Å²) in [4.78, 5) is 29.1. The Morgan fingerprint density at radius 3 is 2.62 bits per heavy atom. The predicted molar refractivity (Wildman–Crippen MR) is 75.6 cm³/mol. The second kappa shape index (κ2) is 6.98. The Morgan fingerprint density at radius 2 is 2.00 bits per heavy atom. The standard InChI is InChI=1S/C13H11F2N3O2S/c14-12(15)8-1-3-9(4-2-8)17-11(20)7-21-13-16-6-5-10(19)18-13/h1-6,12H,7H2,(H,17,20)(H,16,18,19). The van der Waals surface area contributed by atoms with Crippen LogP contribution in [-0.4, -0.2) is 21.6 Å². The average molecular weight is 311 g/mol. The molecule has 21 heavy (non-hydrogen) atoms. The van der Waals surface area contributed by atoms with Gasteiger partial charge in [-0.1, -0.05) is 23.9 Å². The lowest BCUT2D eigenvalue weighted by Gasteiger charge is -2.06. The number of carbonyl (C=O) groups is 1. The smallest absolute Gasteiger partial charge is 0.263 e. The number of nitrogens with zero attached hydrogens (tertiary/aromatic N) is 1. The number of carbonyl (C=O) groups excluding carboxylic acids is 1. The maximum absolute atomic E-state index is 12.4. The molecule has 2 aromatic rings. The summed E-state index contributed by atoms with van der Waals surface area (Å²) in [6, 6.07) is 6.60. The highest BCUT2D eigenvalue weighted by molar-refractivity contribution is 7.99. The minimum atomic E-state index is -2.54. The number of nitrogens with one attached hydrogen (secondary N) is 2. The monoisotopic (exact) mass is 311 g/mol. The average Bonchev–Trinajstić information content (AvgIpc) is 2.46. The summed E-state index contributed by atoms with van der Waals surface area (Å²) >= 11 is 1.07. The number of aromatic nitrogens is 2. The fourth-order valence-electron chi connectivity index (χ4n) is 1.47. The fourth-order valence-corrected chi connectivity index (χ4v) is 2.12. The van der Waals surface area contributed by atoms with Crippen molar-refractivity contribution >= 4 is 23.4 Å². The molecule has 0 aliphatic carbocycles. The summed E-state index contributed by atoms with van der Waals surface area (Å²) in [6.07, 6.45) is -1.19. The van der Waals surface area contributed by atoms with Crippen LogP contribution in [0.5, 0.6) is 0 Å². The molecule has 0 saturated heterocycles. The van der Waals surface area contributed by atoms with Crippen LogP contribution in [0.1, 0.15) is 12.0 Å². The molecule has 8 heteroatoms. The van der Waals surface area contributed by atoms with Crippen LogP contribution >= 0.6 is 11.8 Å². The third kappa shape index (κ3) is 4.67. The Balaban J connectivity index is 1.88. The van der Waals surface area contributed by atoms with E-state index < -0.39 is 6.43 Å².